The second kappa shape index (κ2) is 11.2. The van der Waals surface area contributed by atoms with Crippen LogP contribution >= 0.6 is 7.60 Å². The van der Waals surface area contributed by atoms with E-state index in [0.29, 0.717) is 24.7 Å². The van der Waals surface area contributed by atoms with Crippen LogP contribution in [0.3, 0.4) is 0 Å². The molecule has 1 amide bonds. The third-order valence-corrected chi connectivity index (χ3v) is 8.06. The van der Waals surface area contributed by atoms with Gasteiger partial charge in [0.2, 0.25) is 5.91 Å². The van der Waals surface area contributed by atoms with E-state index in [1.165, 1.54) is 14.2 Å². The molecule has 2 aliphatic rings. The van der Waals surface area contributed by atoms with Crippen molar-refractivity contribution in [3.05, 3.63) is 30.3 Å². The normalized spacial score (nSPS) is 26.8. The van der Waals surface area contributed by atoms with E-state index in [0.717, 1.165) is 32.1 Å². The number of fused-ring (bicyclic) bond motifs is 2. The molecule has 5 atom stereocenters. The Balaban J connectivity index is 1.59. The number of carbonyl (C=O) groups is 2. The fourth-order valence-electron chi connectivity index (χ4n) is 4.47. The Labute approximate surface area is 183 Å². The molecule has 2 bridgehead atoms. The number of ether oxygens (including phenoxy) is 1. The van der Waals surface area contributed by atoms with Gasteiger partial charge in [-0.3, -0.25) is 14.2 Å². The summed E-state index contributed by atoms with van der Waals surface area (Å²) in [6, 6.07) is 9.15. The van der Waals surface area contributed by atoms with Gasteiger partial charge in [0.1, 0.15) is 0 Å². The van der Waals surface area contributed by atoms with Crippen molar-refractivity contribution < 1.29 is 27.9 Å². The number of carbonyl (C=O) groups excluding carboxylic acids is 2. The van der Waals surface area contributed by atoms with Crippen LogP contribution in [0.1, 0.15) is 44.9 Å². The molecule has 2 N–H and O–H groups in total. The van der Waals surface area contributed by atoms with Crippen LogP contribution in [0.25, 0.3) is 0 Å². The van der Waals surface area contributed by atoms with Crippen LogP contribution in [0.2, 0.25) is 0 Å². The highest BCUT2D eigenvalue weighted by Gasteiger charge is 2.48. The van der Waals surface area contributed by atoms with Gasteiger partial charge in [-0.05, 0) is 44.2 Å². The molecule has 9 heteroatoms. The SMILES string of the molecule is COC(=O)CCCCCNC(=O)[C@H]1[C@@H](OP(=O)(OC)c2ccccc2)C[C@@H]2CC[C@H]1N2. The molecular formula is C22H33N2O6P. The fourth-order valence-corrected chi connectivity index (χ4v) is 6.00. The van der Waals surface area contributed by atoms with E-state index in [1.807, 2.05) is 6.07 Å². The molecule has 2 saturated heterocycles. The third-order valence-electron chi connectivity index (χ3n) is 6.10. The molecule has 31 heavy (non-hydrogen) atoms. The van der Waals surface area contributed by atoms with Crippen LogP contribution in [0.5, 0.6) is 0 Å². The zero-order chi connectivity index (χ0) is 22.3. The number of nitrogens with one attached hydrogen (secondary N) is 2. The Kier molecular flexibility index (Phi) is 8.67. The smallest absolute Gasteiger partial charge is 0.361 e. The Morgan fingerprint density at radius 3 is 2.61 bits per heavy atom. The highest BCUT2D eigenvalue weighted by Crippen LogP contribution is 2.50. The van der Waals surface area contributed by atoms with E-state index in [2.05, 4.69) is 15.4 Å². The summed E-state index contributed by atoms with van der Waals surface area (Å²) in [5.41, 5.74) is 0. The number of methoxy groups -OCH3 is 1. The number of piperidine rings is 1. The van der Waals surface area contributed by atoms with Gasteiger partial charge in [-0.2, -0.15) is 0 Å². The average Bonchev–Trinajstić information content (AvgIpc) is 3.17. The van der Waals surface area contributed by atoms with Crippen LogP contribution < -0.4 is 15.9 Å². The van der Waals surface area contributed by atoms with Crippen LogP contribution in [0.15, 0.2) is 30.3 Å². The van der Waals surface area contributed by atoms with Crippen molar-refractivity contribution in [2.75, 3.05) is 20.8 Å². The Hall–Kier alpha value is -1.73. The van der Waals surface area contributed by atoms with E-state index in [9.17, 15) is 14.2 Å². The van der Waals surface area contributed by atoms with Crippen molar-refractivity contribution in [2.45, 2.75) is 63.1 Å². The topological polar surface area (TPSA) is 103 Å². The van der Waals surface area contributed by atoms with E-state index >= 15 is 0 Å². The van der Waals surface area contributed by atoms with Crippen molar-refractivity contribution >= 4 is 24.8 Å². The van der Waals surface area contributed by atoms with E-state index in [-0.39, 0.29) is 24.0 Å². The first-order valence-electron chi connectivity index (χ1n) is 11.0. The predicted molar refractivity (Wildman–Crippen MR) is 117 cm³/mol. The Morgan fingerprint density at radius 1 is 1.13 bits per heavy atom. The highest BCUT2D eigenvalue weighted by atomic mass is 31.2. The maximum atomic E-state index is 13.4. The van der Waals surface area contributed by atoms with Gasteiger partial charge in [0.05, 0.1) is 24.4 Å². The van der Waals surface area contributed by atoms with E-state index in [1.54, 1.807) is 24.3 Å². The molecule has 0 radical (unpaired) electrons. The summed E-state index contributed by atoms with van der Waals surface area (Å²) in [4.78, 5) is 24.2. The molecule has 2 heterocycles. The zero-order valence-corrected chi connectivity index (χ0v) is 19.1. The molecule has 8 nitrogen and oxygen atoms in total. The predicted octanol–water partition coefficient (Wildman–Crippen LogP) is 2.53. The molecule has 2 fully saturated rings. The monoisotopic (exact) mass is 452 g/mol. The zero-order valence-electron chi connectivity index (χ0n) is 18.2. The molecule has 0 saturated carbocycles. The van der Waals surface area contributed by atoms with Gasteiger partial charge in [-0.1, -0.05) is 24.6 Å². The van der Waals surface area contributed by atoms with Gasteiger partial charge in [0, 0.05) is 32.2 Å². The van der Waals surface area contributed by atoms with Crippen LogP contribution in [0, 0.1) is 5.92 Å². The van der Waals surface area contributed by atoms with Crippen LogP contribution in [-0.4, -0.2) is 50.8 Å². The number of hydrogen-bond acceptors (Lipinski definition) is 7. The number of amides is 1. The van der Waals surface area contributed by atoms with Crippen LogP contribution in [0.4, 0.5) is 0 Å². The maximum absolute atomic E-state index is 13.4. The first kappa shape index (κ1) is 23.9. The lowest BCUT2D eigenvalue weighted by molar-refractivity contribution is -0.140. The van der Waals surface area contributed by atoms with Gasteiger partial charge in [-0.15, -0.1) is 0 Å². The Bertz CT molecular complexity index is 789. The average molecular weight is 452 g/mol. The number of unbranched alkanes of at least 4 members (excludes halogenated alkanes) is 2. The molecular weight excluding hydrogens is 419 g/mol. The number of rotatable bonds is 11. The van der Waals surface area contributed by atoms with Crippen molar-refractivity contribution in [2.24, 2.45) is 5.92 Å². The summed E-state index contributed by atoms with van der Waals surface area (Å²) >= 11 is 0. The van der Waals surface area contributed by atoms with Crippen molar-refractivity contribution in [1.82, 2.24) is 10.6 Å². The molecule has 1 aromatic carbocycles. The summed E-state index contributed by atoms with van der Waals surface area (Å²) in [5.74, 6) is -0.735. The summed E-state index contributed by atoms with van der Waals surface area (Å²) in [6.07, 6.45) is 4.74. The molecule has 1 aromatic rings. The number of hydrogen-bond donors (Lipinski definition) is 2. The largest absolute Gasteiger partial charge is 0.469 e. The van der Waals surface area contributed by atoms with Crippen LogP contribution in [-0.2, 0) is 27.9 Å². The van der Waals surface area contributed by atoms with E-state index in [4.69, 9.17) is 9.05 Å². The second-order valence-corrected chi connectivity index (χ2v) is 10.2. The summed E-state index contributed by atoms with van der Waals surface area (Å²) in [5, 5.41) is 7.00. The minimum absolute atomic E-state index is 0.00385. The molecule has 0 aliphatic carbocycles. The summed E-state index contributed by atoms with van der Waals surface area (Å²) in [7, 11) is -0.764. The molecule has 0 aromatic heterocycles. The summed E-state index contributed by atoms with van der Waals surface area (Å²) in [6.45, 7) is 0.528. The number of benzene rings is 1. The van der Waals surface area contributed by atoms with E-state index < -0.39 is 19.6 Å². The quantitative estimate of drug-likeness (QED) is 0.302. The highest BCUT2D eigenvalue weighted by molar-refractivity contribution is 7.62. The van der Waals surface area contributed by atoms with Gasteiger partial charge in [-0.25, -0.2) is 0 Å². The molecule has 2 aliphatic heterocycles. The lowest BCUT2D eigenvalue weighted by Crippen LogP contribution is -2.55. The van der Waals surface area contributed by atoms with Gasteiger partial charge in [0.15, 0.2) is 0 Å². The lowest BCUT2D eigenvalue weighted by Gasteiger charge is -2.37. The first-order valence-corrected chi connectivity index (χ1v) is 12.5. The van der Waals surface area contributed by atoms with Gasteiger partial charge in [0.25, 0.3) is 0 Å². The van der Waals surface area contributed by atoms with Crippen molar-refractivity contribution in [3.63, 3.8) is 0 Å². The maximum Gasteiger partial charge on any atom is 0.361 e. The molecule has 0 spiro atoms. The third kappa shape index (κ3) is 6.16. The molecule has 1 unspecified atom stereocenters. The van der Waals surface area contributed by atoms with Crippen molar-refractivity contribution in [1.29, 1.82) is 0 Å². The lowest BCUT2D eigenvalue weighted by atomic mass is 9.88. The van der Waals surface area contributed by atoms with Gasteiger partial charge < -0.3 is 24.4 Å². The molecule has 172 valence electrons. The fraction of sp³-hybridized carbons (Fsp3) is 0.636. The summed E-state index contributed by atoms with van der Waals surface area (Å²) < 4.78 is 29.5. The minimum atomic E-state index is -3.53. The van der Waals surface area contributed by atoms with Crippen molar-refractivity contribution in [3.8, 4) is 0 Å². The van der Waals surface area contributed by atoms with Gasteiger partial charge >= 0.3 is 13.6 Å². The minimum Gasteiger partial charge on any atom is -0.469 e. The Morgan fingerprint density at radius 2 is 1.90 bits per heavy atom. The standard InChI is InChI=1S/C22H33N2O6P/c1-28-20(25)11-7-4-8-14-23-22(26)21-18-13-12-16(24-18)15-19(21)30-31(27,29-2)17-9-5-3-6-10-17/h3,5-6,9-10,16,18-19,21,24H,4,7-8,11-15H2,1-2H3,(H,23,26)/t16-,18+,19-,21+,31?/m0/s1. The second-order valence-electron chi connectivity index (χ2n) is 8.15. The molecule has 3 rings (SSSR count). The number of esters is 1. The first-order chi connectivity index (χ1) is 15.0.